The molecule has 0 spiro atoms. The second-order valence-electron chi connectivity index (χ2n) is 7.13. The maximum absolute atomic E-state index is 12.9. The third-order valence-electron chi connectivity index (χ3n) is 4.81. The monoisotopic (exact) mass is 464 g/mol. The second kappa shape index (κ2) is 8.74. The summed E-state index contributed by atoms with van der Waals surface area (Å²) in [5, 5.41) is 12.4. The summed E-state index contributed by atoms with van der Waals surface area (Å²) in [6.45, 7) is 1.22. The van der Waals surface area contributed by atoms with Crippen LogP contribution in [0.15, 0.2) is 52.8 Å². The van der Waals surface area contributed by atoms with E-state index in [4.69, 9.17) is 4.52 Å². The Kier molecular flexibility index (Phi) is 5.48. The van der Waals surface area contributed by atoms with Crippen LogP contribution in [-0.4, -0.2) is 36.0 Å². The quantitative estimate of drug-likeness (QED) is 0.327. The molecule has 1 atom stereocenters. The highest BCUT2D eigenvalue weighted by molar-refractivity contribution is 7.13. The number of fused-ring (bicyclic) bond motifs is 1. The van der Waals surface area contributed by atoms with Crippen LogP contribution in [0.5, 0.6) is 0 Å². The number of H-pyrrole nitrogens is 1. The molecule has 0 aliphatic rings. The Balaban J connectivity index is 1.29. The second-order valence-corrected chi connectivity index (χ2v) is 8.03. The highest BCUT2D eigenvalue weighted by Crippen LogP contribution is 2.24. The molecular weight excluding hydrogens is 447 g/mol. The first-order valence-corrected chi connectivity index (χ1v) is 10.8. The van der Waals surface area contributed by atoms with Crippen molar-refractivity contribution in [2.24, 2.45) is 0 Å². The molecule has 5 rings (SSSR count). The Morgan fingerprint density at radius 3 is 2.97 bits per heavy atom. The van der Waals surface area contributed by atoms with Gasteiger partial charge in [0.25, 0.3) is 5.91 Å². The smallest absolute Gasteiger partial charge is 0.270 e. The summed E-state index contributed by atoms with van der Waals surface area (Å²) in [4.78, 5) is 32.5. The molecule has 0 radical (unpaired) electrons. The highest BCUT2D eigenvalue weighted by Gasteiger charge is 2.19. The van der Waals surface area contributed by atoms with Crippen LogP contribution >= 0.6 is 11.3 Å². The zero-order chi connectivity index (χ0) is 22.8. The number of imidazole rings is 1. The molecule has 0 aliphatic heterocycles. The number of aromatic nitrogens is 6. The number of halogens is 1. The maximum Gasteiger partial charge on any atom is 0.270 e. The molecule has 10 nitrogen and oxygen atoms in total. The van der Waals surface area contributed by atoms with E-state index in [1.54, 1.807) is 37.4 Å². The number of carbonyl (C=O) groups excluding carboxylic acids is 1. The van der Waals surface area contributed by atoms with Crippen molar-refractivity contribution in [1.82, 2.24) is 35.4 Å². The summed E-state index contributed by atoms with van der Waals surface area (Å²) < 4.78 is 18.3. The van der Waals surface area contributed by atoms with E-state index in [9.17, 15) is 9.18 Å². The molecule has 4 heterocycles. The van der Waals surface area contributed by atoms with Crippen molar-refractivity contribution in [3.63, 3.8) is 0 Å². The number of nitrogens with one attached hydrogen (secondary N) is 3. The minimum absolute atomic E-state index is 0.191. The summed E-state index contributed by atoms with van der Waals surface area (Å²) in [6, 6.07) is 7.88. The topological polar surface area (TPSA) is 135 Å². The van der Waals surface area contributed by atoms with Gasteiger partial charge in [-0.3, -0.25) is 4.79 Å². The predicted octanol–water partition coefficient (Wildman–Crippen LogP) is 4.17. The van der Waals surface area contributed by atoms with Crippen molar-refractivity contribution in [3.05, 3.63) is 65.3 Å². The number of carbonyl (C=O) groups is 1. The van der Waals surface area contributed by atoms with E-state index >= 15 is 0 Å². The number of nitrogens with zero attached hydrogens (tertiary/aromatic N) is 5. The number of thiazole rings is 1. The van der Waals surface area contributed by atoms with Crippen molar-refractivity contribution in [3.8, 4) is 11.5 Å². The molecule has 4 aromatic heterocycles. The molecule has 0 saturated heterocycles. The Morgan fingerprint density at radius 2 is 2.15 bits per heavy atom. The third kappa shape index (κ3) is 4.41. The van der Waals surface area contributed by atoms with Crippen molar-refractivity contribution >= 4 is 39.2 Å². The van der Waals surface area contributed by atoms with Gasteiger partial charge in [0, 0.05) is 23.7 Å². The molecule has 166 valence electrons. The summed E-state index contributed by atoms with van der Waals surface area (Å²) >= 11 is 1.42. The van der Waals surface area contributed by atoms with Gasteiger partial charge in [0.1, 0.15) is 30.2 Å². The number of amides is 1. The van der Waals surface area contributed by atoms with Crippen LogP contribution in [0, 0.1) is 0 Å². The van der Waals surface area contributed by atoms with Gasteiger partial charge < -0.3 is 20.1 Å². The molecule has 0 aliphatic carbocycles. The standard InChI is InChI=1S/C21H17FN8O2S/c1-11(26-20(31)16-8-18(25-10-24-16)29-21-23-4-5-33-21)17-7-15(30-32-17)19-27-13-3-2-12(9-22)6-14(13)28-19/h2-8,10-11H,9H2,1H3,(H,26,31)(H,27,28)(H,23,24,25,29)/t11-/m0/s1. The van der Waals surface area contributed by atoms with Crippen molar-refractivity contribution in [1.29, 1.82) is 0 Å². The Labute approximate surface area is 190 Å². The zero-order valence-electron chi connectivity index (χ0n) is 17.2. The van der Waals surface area contributed by atoms with Gasteiger partial charge >= 0.3 is 0 Å². The average Bonchev–Trinajstić information content (AvgIpc) is 3.58. The van der Waals surface area contributed by atoms with Gasteiger partial charge in [-0.2, -0.15) is 0 Å². The molecule has 3 N–H and O–H groups in total. The maximum atomic E-state index is 12.9. The number of alkyl halides is 1. The van der Waals surface area contributed by atoms with E-state index in [2.05, 4.69) is 40.7 Å². The van der Waals surface area contributed by atoms with Gasteiger partial charge in [0.05, 0.1) is 17.1 Å². The van der Waals surface area contributed by atoms with Gasteiger partial charge in [0.15, 0.2) is 16.7 Å². The largest absolute Gasteiger partial charge is 0.358 e. The van der Waals surface area contributed by atoms with Gasteiger partial charge in [-0.25, -0.2) is 24.3 Å². The average molecular weight is 464 g/mol. The third-order valence-corrected chi connectivity index (χ3v) is 5.50. The lowest BCUT2D eigenvalue weighted by Gasteiger charge is -2.10. The molecule has 5 aromatic rings. The predicted molar refractivity (Wildman–Crippen MR) is 120 cm³/mol. The van der Waals surface area contributed by atoms with Crippen LogP contribution < -0.4 is 10.6 Å². The molecule has 0 fully saturated rings. The van der Waals surface area contributed by atoms with E-state index < -0.39 is 18.6 Å². The lowest BCUT2D eigenvalue weighted by molar-refractivity contribution is 0.0928. The summed E-state index contributed by atoms with van der Waals surface area (Å²) in [5.41, 5.74) is 2.62. The number of aromatic amines is 1. The fraction of sp³-hybridized carbons (Fsp3) is 0.143. The van der Waals surface area contributed by atoms with Crippen LogP contribution in [0.25, 0.3) is 22.6 Å². The Hall–Kier alpha value is -4.19. The van der Waals surface area contributed by atoms with Crippen LogP contribution in [-0.2, 0) is 6.67 Å². The van der Waals surface area contributed by atoms with Gasteiger partial charge in [-0.05, 0) is 24.6 Å². The van der Waals surface area contributed by atoms with Gasteiger partial charge in [-0.1, -0.05) is 11.2 Å². The normalized spacial score (nSPS) is 12.1. The van der Waals surface area contributed by atoms with Crippen molar-refractivity contribution in [2.75, 3.05) is 5.32 Å². The minimum atomic E-state index is -0.551. The highest BCUT2D eigenvalue weighted by atomic mass is 32.1. The Morgan fingerprint density at radius 1 is 1.24 bits per heavy atom. The van der Waals surface area contributed by atoms with Gasteiger partial charge in [0.2, 0.25) is 0 Å². The fourth-order valence-electron chi connectivity index (χ4n) is 3.15. The molecule has 33 heavy (non-hydrogen) atoms. The molecule has 0 saturated carbocycles. The van der Waals surface area contributed by atoms with Crippen LogP contribution in [0.2, 0.25) is 0 Å². The first kappa shape index (κ1) is 20.7. The minimum Gasteiger partial charge on any atom is -0.358 e. The summed E-state index contributed by atoms with van der Waals surface area (Å²) in [5.74, 6) is 0.995. The number of benzene rings is 1. The van der Waals surface area contributed by atoms with Crippen LogP contribution in [0.3, 0.4) is 0 Å². The molecule has 0 bridgehead atoms. The van der Waals surface area contributed by atoms with E-state index in [1.807, 2.05) is 5.38 Å². The molecule has 0 unspecified atom stereocenters. The zero-order valence-corrected chi connectivity index (χ0v) is 18.1. The number of anilines is 2. The summed E-state index contributed by atoms with van der Waals surface area (Å²) in [6.07, 6.45) is 2.97. The van der Waals surface area contributed by atoms with E-state index in [-0.39, 0.29) is 5.69 Å². The van der Waals surface area contributed by atoms with E-state index in [0.717, 1.165) is 0 Å². The van der Waals surface area contributed by atoms with Crippen molar-refractivity contribution in [2.45, 2.75) is 19.6 Å². The van der Waals surface area contributed by atoms with Gasteiger partial charge in [-0.15, -0.1) is 11.3 Å². The molecular formula is C21H17FN8O2S. The first-order valence-electron chi connectivity index (χ1n) is 9.90. The lowest BCUT2D eigenvalue weighted by atomic mass is 10.2. The Bertz CT molecular complexity index is 1410. The number of hydrogen-bond acceptors (Lipinski definition) is 9. The number of hydrogen-bond donors (Lipinski definition) is 3. The molecule has 1 aromatic carbocycles. The summed E-state index contributed by atoms with van der Waals surface area (Å²) in [7, 11) is 0. The lowest BCUT2D eigenvalue weighted by Crippen LogP contribution is -2.27. The van der Waals surface area contributed by atoms with E-state index in [1.165, 1.54) is 23.7 Å². The van der Waals surface area contributed by atoms with Crippen LogP contribution in [0.4, 0.5) is 15.3 Å². The first-order chi connectivity index (χ1) is 16.1. The molecule has 12 heteroatoms. The fourth-order valence-corrected chi connectivity index (χ4v) is 3.69. The number of rotatable bonds is 7. The van der Waals surface area contributed by atoms with Crippen molar-refractivity contribution < 1.29 is 13.7 Å². The van der Waals surface area contributed by atoms with Crippen LogP contribution in [0.1, 0.15) is 34.8 Å². The SMILES string of the molecule is C[C@H](NC(=O)c1cc(Nc2nccs2)ncn1)c1cc(-c2nc3ccc(CF)cc3[nH]2)no1. The molecule has 1 amide bonds. The van der Waals surface area contributed by atoms with E-state index in [0.29, 0.717) is 44.8 Å².